The van der Waals surface area contributed by atoms with Gasteiger partial charge in [0.25, 0.3) is 0 Å². The predicted molar refractivity (Wildman–Crippen MR) is 73.0 cm³/mol. The van der Waals surface area contributed by atoms with Gasteiger partial charge in [0.2, 0.25) is 0 Å². The Hall–Kier alpha value is -1.51. The molecule has 94 valence electrons. The third kappa shape index (κ3) is 3.76. The van der Waals surface area contributed by atoms with Gasteiger partial charge in [-0.1, -0.05) is 35.9 Å². The molecule has 0 aliphatic carbocycles. The SMILES string of the molecule is OCc1ccc(OCCc2ccc(Cl)cc2)cc1. The Balaban J connectivity index is 1.82. The van der Waals surface area contributed by atoms with Crippen molar-refractivity contribution in [3.05, 3.63) is 64.7 Å². The first-order valence-corrected chi connectivity index (χ1v) is 6.23. The van der Waals surface area contributed by atoms with E-state index in [0.29, 0.717) is 6.61 Å². The van der Waals surface area contributed by atoms with Crippen molar-refractivity contribution in [3.8, 4) is 5.75 Å². The van der Waals surface area contributed by atoms with Gasteiger partial charge < -0.3 is 9.84 Å². The van der Waals surface area contributed by atoms with Crippen LogP contribution >= 0.6 is 11.6 Å². The van der Waals surface area contributed by atoms with E-state index in [1.807, 2.05) is 48.5 Å². The van der Waals surface area contributed by atoms with Gasteiger partial charge in [0.15, 0.2) is 0 Å². The molecule has 1 N–H and O–H groups in total. The summed E-state index contributed by atoms with van der Waals surface area (Å²) in [4.78, 5) is 0. The van der Waals surface area contributed by atoms with Crippen LogP contribution in [0.2, 0.25) is 5.02 Å². The molecule has 3 heteroatoms. The lowest BCUT2D eigenvalue weighted by Gasteiger charge is -2.07. The summed E-state index contributed by atoms with van der Waals surface area (Å²) in [6, 6.07) is 15.2. The van der Waals surface area contributed by atoms with Crippen molar-refractivity contribution >= 4 is 11.6 Å². The van der Waals surface area contributed by atoms with Crippen LogP contribution in [0.4, 0.5) is 0 Å². The fourth-order valence-corrected chi connectivity index (χ4v) is 1.75. The Bertz CT molecular complexity index is 477. The average Bonchev–Trinajstić information content (AvgIpc) is 2.42. The Morgan fingerprint density at radius 2 is 1.50 bits per heavy atom. The van der Waals surface area contributed by atoms with Gasteiger partial charge in [-0.25, -0.2) is 0 Å². The summed E-state index contributed by atoms with van der Waals surface area (Å²) in [7, 11) is 0. The van der Waals surface area contributed by atoms with Crippen molar-refractivity contribution in [1.29, 1.82) is 0 Å². The van der Waals surface area contributed by atoms with Gasteiger partial charge in [-0.2, -0.15) is 0 Å². The minimum atomic E-state index is 0.0606. The van der Waals surface area contributed by atoms with E-state index < -0.39 is 0 Å². The maximum atomic E-state index is 8.92. The van der Waals surface area contributed by atoms with Gasteiger partial charge in [0, 0.05) is 11.4 Å². The smallest absolute Gasteiger partial charge is 0.119 e. The number of aliphatic hydroxyl groups is 1. The summed E-state index contributed by atoms with van der Waals surface area (Å²) in [5.41, 5.74) is 2.09. The number of aliphatic hydroxyl groups excluding tert-OH is 1. The fraction of sp³-hybridized carbons (Fsp3) is 0.200. The molecule has 0 radical (unpaired) electrons. The van der Waals surface area contributed by atoms with Crippen LogP contribution in [0.3, 0.4) is 0 Å². The summed E-state index contributed by atoms with van der Waals surface area (Å²) in [6.07, 6.45) is 0.846. The molecule has 18 heavy (non-hydrogen) atoms. The first-order chi connectivity index (χ1) is 8.78. The van der Waals surface area contributed by atoms with E-state index in [1.165, 1.54) is 5.56 Å². The number of halogens is 1. The predicted octanol–water partition coefficient (Wildman–Crippen LogP) is 3.45. The van der Waals surface area contributed by atoms with Gasteiger partial charge in [-0.3, -0.25) is 0 Å². The van der Waals surface area contributed by atoms with Crippen molar-refractivity contribution in [2.45, 2.75) is 13.0 Å². The van der Waals surface area contributed by atoms with E-state index in [-0.39, 0.29) is 6.61 Å². The molecule has 2 aromatic carbocycles. The van der Waals surface area contributed by atoms with E-state index >= 15 is 0 Å². The molecule has 2 aromatic rings. The van der Waals surface area contributed by atoms with Crippen LogP contribution in [0.5, 0.6) is 5.75 Å². The zero-order chi connectivity index (χ0) is 12.8. The van der Waals surface area contributed by atoms with Gasteiger partial charge >= 0.3 is 0 Å². The highest BCUT2D eigenvalue weighted by Gasteiger charge is 1.97. The zero-order valence-corrected chi connectivity index (χ0v) is 10.7. The Morgan fingerprint density at radius 3 is 2.11 bits per heavy atom. The topological polar surface area (TPSA) is 29.5 Å². The van der Waals surface area contributed by atoms with E-state index in [2.05, 4.69) is 0 Å². The van der Waals surface area contributed by atoms with Crippen LogP contribution in [0.25, 0.3) is 0 Å². The quantitative estimate of drug-likeness (QED) is 0.894. The first-order valence-electron chi connectivity index (χ1n) is 5.85. The molecular weight excluding hydrogens is 248 g/mol. The maximum absolute atomic E-state index is 8.92. The molecule has 0 aliphatic rings. The third-order valence-corrected chi connectivity index (χ3v) is 2.93. The number of benzene rings is 2. The summed E-state index contributed by atoms with van der Waals surface area (Å²) in [6.45, 7) is 0.686. The second-order valence-electron chi connectivity index (χ2n) is 4.03. The highest BCUT2D eigenvalue weighted by molar-refractivity contribution is 6.30. The Labute approximate surface area is 112 Å². The number of hydrogen-bond acceptors (Lipinski definition) is 2. The Kier molecular flexibility index (Phi) is 4.62. The van der Waals surface area contributed by atoms with Crippen LogP contribution in [0.1, 0.15) is 11.1 Å². The molecule has 0 heterocycles. The van der Waals surface area contributed by atoms with Crippen molar-refractivity contribution in [3.63, 3.8) is 0 Å². The van der Waals surface area contributed by atoms with E-state index in [9.17, 15) is 0 Å². The van der Waals surface area contributed by atoms with Crippen molar-refractivity contribution in [2.24, 2.45) is 0 Å². The zero-order valence-electron chi connectivity index (χ0n) is 9.97. The van der Waals surface area contributed by atoms with Gasteiger partial charge in [-0.15, -0.1) is 0 Å². The molecule has 2 rings (SSSR count). The first kappa shape index (κ1) is 12.9. The molecule has 0 unspecified atom stereocenters. The van der Waals surface area contributed by atoms with Gasteiger partial charge in [0.05, 0.1) is 13.2 Å². The lowest BCUT2D eigenvalue weighted by Crippen LogP contribution is -2.01. The summed E-state index contributed by atoms with van der Waals surface area (Å²) in [5, 5.41) is 9.67. The minimum Gasteiger partial charge on any atom is -0.493 e. The van der Waals surface area contributed by atoms with E-state index in [0.717, 1.165) is 22.8 Å². The Morgan fingerprint density at radius 1 is 0.889 bits per heavy atom. The monoisotopic (exact) mass is 262 g/mol. The third-order valence-electron chi connectivity index (χ3n) is 2.68. The number of hydrogen-bond donors (Lipinski definition) is 1. The number of rotatable bonds is 5. The maximum Gasteiger partial charge on any atom is 0.119 e. The van der Waals surface area contributed by atoms with Crippen LogP contribution in [-0.2, 0) is 13.0 Å². The van der Waals surface area contributed by atoms with Crippen LogP contribution in [0.15, 0.2) is 48.5 Å². The van der Waals surface area contributed by atoms with Crippen LogP contribution < -0.4 is 4.74 Å². The standard InChI is InChI=1S/C15H15ClO2/c16-14-5-1-12(2-6-14)9-10-18-15-7-3-13(11-17)4-8-15/h1-8,17H,9-11H2. The molecular formula is C15H15ClO2. The number of ether oxygens (including phenoxy) is 1. The second-order valence-corrected chi connectivity index (χ2v) is 4.46. The lowest BCUT2D eigenvalue weighted by molar-refractivity contribution is 0.281. The molecule has 0 amide bonds. The van der Waals surface area contributed by atoms with Crippen LogP contribution in [-0.4, -0.2) is 11.7 Å². The molecule has 0 aliphatic heterocycles. The lowest BCUT2D eigenvalue weighted by atomic mass is 10.2. The summed E-state index contributed by atoms with van der Waals surface area (Å²) in [5.74, 6) is 0.821. The largest absolute Gasteiger partial charge is 0.493 e. The molecule has 0 aromatic heterocycles. The van der Waals surface area contributed by atoms with Crippen LogP contribution in [0, 0.1) is 0 Å². The molecule has 0 spiro atoms. The molecule has 2 nitrogen and oxygen atoms in total. The molecule has 0 bridgehead atoms. The van der Waals surface area contributed by atoms with Crippen molar-refractivity contribution < 1.29 is 9.84 Å². The highest BCUT2D eigenvalue weighted by Crippen LogP contribution is 2.13. The molecule has 0 fully saturated rings. The molecule has 0 atom stereocenters. The fourth-order valence-electron chi connectivity index (χ4n) is 1.63. The summed E-state index contributed by atoms with van der Waals surface area (Å²) >= 11 is 5.82. The van der Waals surface area contributed by atoms with Crippen molar-refractivity contribution in [1.82, 2.24) is 0 Å². The molecule has 0 saturated carbocycles. The van der Waals surface area contributed by atoms with Gasteiger partial charge in [0.1, 0.15) is 5.75 Å². The normalized spacial score (nSPS) is 10.3. The van der Waals surface area contributed by atoms with E-state index in [1.54, 1.807) is 0 Å². The van der Waals surface area contributed by atoms with E-state index in [4.69, 9.17) is 21.4 Å². The van der Waals surface area contributed by atoms with Gasteiger partial charge in [-0.05, 0) is 35.4 Å². The molecule has 0 saturated heterocycles. The summed E-state index contributed by atoms with van der Waals surface area (Å²) < 4.78 is 5.63. The average molecular weight is 263 g/mol. The minimum absolute atomic E-state index is 0.0606. The highest BCUT2D eigenvalue weighted by atomic mass is 35.5. The second kappa shape index (κ2) is 6.43. The van der Waals surface area contributed by atoms with Crippen molar-refractivity contribution in [2.75, 3.05) is 6.61 Å².